The molecule has 0 rings (SSSR count). The van der Waals surface area contributed by atoms with E-state index in [0.29, 0.717) is 6.42 Å². The van der Waals surface area contributed by atoms with E-state index in [4.69, 9.17) is 0 Å². The van der Waals surface area contributed by atoms with E-state index in [1.54, 1.807) is 0 Å². The molecule has 0 bridgehead atoms. The number of hydrogen-bond acceptors (Lipinski definition) is 2. The third kappa shape index (κ3) is 15.5. The molecule has 0 aromatic carbocycles. The molecule has 0 unspecified atom stereocenters. The van der Waals surface area contributed by atoms with Gasteiger partial charge in [0.05, 0.1) is 0 Å². The lowest BCUT2D eigenvalue weighted by molar-refractivity contribution is -0.121. The number of carbonyl (C=O) groups excluding carboxylic acids is 1. The van der Waals surface area contributed by atoms with Crippen LogP contribution in [0.25, 0.3) is 0 Å². The van der Waals surface area contributed by atoms with Gasteiger partial charge in [-0.1, -0.05) is 65.2 Å². The molecule has 0 aromatic heterocycles. The van der Waals surface area contributed by atoms with Crippen LogP contribution in [0.5, 0.6) is 0 Å². The van der Waals surface area contributed by atoms with Crippen molar-refractivity contribution < 1.29 is 4.79 Å². The van der Waals surface area contributed by atoms with Crippen molar-refractivity contribution in [2.24, 2.45) is 0 Å². The number of hydrogen-bond donors (Lipinski definition) is 2. The number of carbonyl (C=O) groups is 1. The van der Waals surface area contributed by atoms with E-state index >= 15 is 0 Å². The molecule has 0 aliphatic heterocycles. The van der Waals surface area contributed by atoms with Crippen LogP contribution in [0.3, 0.4) is 0 Å². The van der Waals surface area contributed by atoms with Gasteiger partial charge in [-0.15, -0.1) is 0 Å². The summed E-state index contributed by atoms with van der Waals surface area (Å²) >= 11 is 0. The van der Waals surface area contributed by atoms with Crippen LogP contribution >= 0.6 is 0 Å². The van der Waals surface area contributed by atoms with Crippen molar-refractivity contribution in [1.29, 1.82) is 0 Å². The van der Waals surface area contributed by atoms with Crippen LogP contribution in [0.1, 0.15) is 84.5 Å². The molecule has 0 fully saturated rings. The lowest BCUT2D eigenvalue weighted by Gasteiger charge is -2.06. The molecule has 3 nitrogen and oxygen atoms in total. The molecule has 0 aliphatic rings. The van der Waals surface area contributed by atoms with Gasteiger partial charge in [-0.2, -0.15) is 0 Å². The van der Waals surface area contributed by atoms with Crippen molar-refractivity contribution in [3.05, 3.63) is 0 Å². The number of amides is 1. The molecule has 0 heterocycles. The minimum absolute atomic E-state index is 0.214. The highest BCUT2D eigenvalue weighted by molar-refractivity contribution is 5.75. The highest BCUT2D eigenvalue weighted by Gasteiger charge is 2.00. The van der Waals surface area contributed by atoms with Gasteiger partial charge in [-0.25, -0.2) is 0 Å². The Morgan fingerprint density at radius 3 is 1.90 bits per heavy atom. The molecule has 120 valence electrons. The molecule has 20 heavy (non-hydrogen) atoms. The summed E-state index contributed by atoms with van der Waals surface area (Å²) in [6.45, 7) is 7.09. The summed E-state index contributed by atoms with van der Waals surface area (Å²) in [4.78, 5) is 11.5. The van der Waals surface area contributed by atoms with Crippen LogP contribution in [0.4, 0.5) is 0 Å². The minimum Gasteiger partial charge on any atom is -0.355 e. The standard InChI is InChI=1S/C17H36N2O/c1-3-5-6-7-8-9-10-11-12-13-17(20)19-16-15-18-14-4-2/h18H,3-16H2,1-2H3,(H,19,20). The Bertz CT molecular complexity index is 207. The summed E-state index contributed by atoms with van der Waals surface area (Å²) in [5.41, 5.74) is 0. The van der Waals surface area contributed by atoms with Crippen molar-refractivity contribution in [2.45, 2.75) is 84.5 Å². The van der Waals surface area contributed by atoms with E-state index in [1.807, 2.05) is 0 Å². The molecule has 0 saturated heterocycles. The quantitative estimate of drug-likeness (QED) is 0.446. The van der Waals surface area contributed by atoms with Crippen LogP contribution in [-0.4, -0.2) is 25.5 Å². The van der Waals surface area contributed by atoms with Crippen molar-refractivity contribution >= 4 is 5.91 Å². The topological polar surface area (TPSA) is 41.1 Å². The second-order valence-electron chi connectivity index (χ2n) is 5.68. The number of rotatable bonds is 15. The van der Waals surface area contributed by atoms with Crippen molar-refractivity contribution in [1.82, 2.24) is 10.6 Å². The monoisotopic (exact) mass is 284 g/mol. The highest BCUT2D eigenvalue weighted by Crippen LogP contribution is 2.10. The highest BCUT2D eigenvalue weighted by atomic mass is 16.1. The minimum atomic E-state index is 0.214. The molecular weight excluding hydrogens is 248 g/mol. The maximum Gasteiger partial charge on any atom is 0.220 e. The normalized spacial score (nSPS) is 10.7. The van der Waals surface area contributed by atoms with Gasteiger partial charge in [0.1, 0.15) is 0 Å². The van der Waals surface area contributed by atoms with Crippen LogP contribution in [0, 0.1) is 0 Å². The molecule has 0 aromatic rings. The van der Waals surface area contributed by atoms with Crippen molar-refractivity contribution in [3.8, 4) is 0 Å². The predicted molar refractivity (Wildman–Crippen MR) is 88.0 cm³/mol. The van der Waals surface area contributed by atoms with E-state index in [-0.39, 0.29) is 5.91 Å². The molecule has 1 amide bonds. The number of unbranched alkanes of at least 4 members (excludes halogenated alkanes) is 8. The van der Waals surface area contributed by atoms with E-state index < -0.39 is 0 Å². The van der Waals surface area contributed by atoms with Gasteiger partial charge in [-0.05, 0) is 19.4 Å². The first kappa shape index (κ1) is 19.4. The summed E-state index contributed by atoms with van der Waals surface area (Å²) < 4.78 is 0. The van der Waals surface area contributed by atoms with Crippen molar-refractivity contribution in [3.63, 3.8) is 0 Å². The summed E-state index contributed by atoms with van der Waals surface area (Å²) in [7, 11) is 0. The van der Waals surface area contributed by atoms with Gasteiger partial charge in [0.25, 0.3) is 0 Å². The van der Waals surface area contributed by atoms with Crippen LogP contribution in [0.2, 0.25) is 0 Å². The van der Waals surface area contributed by atoms with Gasteiger partial charge < -0.3 is 10.6 Å². The SMILES string of the molecule is CCCCCCCCCCCC(=O)NCCNCCC. The van der Waals surface area contributed by atoms with Crippen LogP contribution in [-0.2, 0) is 4.79 Å². The summed E-state index contributed by atoms with van der Waals surface area (Å²) in [6, 6.07) is 0. The molecule has 0 aliphatic carbocycles. The fourth-order valence-electron chi connectivity index (χ4n) is 2.28. The van der Waals surface area contributed by atoms with Crippen LogP contribution < -0.4 is 10.6 Å². The summed E-state index contributed by atoms with van der Waals surface area (Å²) in [5.74, 6) is 0.214. The molecule has 0 saturated carbocycles. The molecule has 0 radical (unpaired) electrons. The Morgan fingerprint density at radius 1 is 0.700 bits per heavy atom. The lowest BCUT2D eigenvalue weighted by atomic mass is 10.1. The molecule has 0 atom stereocenters. The van der Waals surface area contributed by atoms with Crippen LogP contribution in [0.15, 0.2) is 0 Å². The zero-order valence-electron chi connectivity index (χ0n) is 13.8. The second-order valence-corrected chi connectivity index (χ2v) is 5.68. The zero-order valence-corrected chi connectivity index (χ0v) is 13.8. The third-order valence-electron chi connectivity index (χ3n) is 3.56. The first-order valence-electron chi connectivity index (χ1n) is 8.78. The summed E-state index contributed by atoms with van der Waals surface area (Å²) in [5, 5.41) is 6.25. The Balaban J connectivity index is 3.11. The first-order valence-corrected chi connectivity index (χ1v) is 8.78. The molecule has 0 spiro atoms. The maximum absolute atomic E-state index is 11.5. The van der Waals surface area contributed by atoms with Gasteiger partial charge in [0.2, 0.25) is 5.91 Å². The maximum atomic E-state index is 11.5. The van der Waals surface area contributed by atoms with Crippen molar-refractivity contribution in [2.75, 3.05) is 19.6 Å². The molecular formula is C17H36N2O. The van der Waals surface area contributed by atoms with E-state index in [2.05, 4.69) is 24.5 Å². The Hall–Kier alpha value is -0.570. The summed E-state index contributed by atoms with van der Waals surface area (Å²) in [6.07, 6.45) is 13.6. The smallest absolute Gasteiger partial charge is 0.220 e. The Labute approximate surface area is 126 Å². The second kappa shape index (κ2) is 16.5. The predicted octanol–water partition coefficient (Wildman–Crippen LogP) is 4.02. The van der Waals surface area contributed by atoms with E-state index in [9.17, 15) is 4.79 Å². The number of nitrogens with one attached hydrogen (secondary N) is 2. The fraction of sp³-hybridized carbons (Fsp3) is 0.941. The van der Waals surface area contributed by atoms with E-state index in [0.717, 1.165) is 32.5 Å². The largest absolute Gasteiger partial charge is 0.355 e. The molecule has 2 N–H and O–H groups in total. The lowest BCUT2D eigenvalue weighted by Crippen LogP contribution is -2.31. The molecule has 3 heteroatoms. The fourth-order valence-corrected chi connectivity index (χ4v) is 2.28. The van der Waals surface area contributed by atoms with Gasteiger partial charge in [0, 0.05) is 19.5 Å². The average molecular weight is 284 g/mol. The Morgan fingerprint density at radius 2 is 1.30 bits per heavy atom. The average Bonchev–Trinajstić information content (AvgIpc) is 2.45. The van der Waals surface area contributed by atoms with Gasteiger partial charge in [0.15, 0.2) is 0 Å². The Kier molecular flexibility index (Phi) is 16.0. The first-order chi connectivity index (χ1) is 9.81. The third-order valence-corrected chi connectivity index (χ3v) is 3.56. The van der Waals surface area contributed by atoms with Gasteiger partial charge >= 0.3 is 0 Å². The zero-order chi connectivity index (χ0) is 14.9. The van der Waals surface area contributed by atoms with E-state index in [1.165, 1.54) is 51.4 Å². The van der Waals surface area contributed by atoms with Gasteiger partial charge in [-0.3, -0.25) is 4.79 Å².